The van der Waals surface area contributed by atoms with E-state index in [-0.39, 0.29) is 0 Å². The Labute approximate surface area is 159 Å². The van der Waals surface area contributed by atoms with Crippen LogP contribution in [0.5, 0.6) is 17.2 Å². The van der Waals surface area contributed by atoms with Gasteiger partial charge >= 0.3 is 5.97 Å². The fraction of sp³-hybridized carbons (Fsp3) is 0.174. The molecule has 0 aliphatic rings. The molecule has 3 aromatic carbocycles. The van der Waals surface area contributed by atoms with E-state index in [1.54, 1.807) is 24.3 Å². The molecule has 0 amide bonds. The van der Waals surface area contributed by atoms with Gasteiger partial charge in [-0.2, -0.15) is 0 Å². The van der Waals surface area contributed by atoms with E-state index in [0.717, 1.165) is 16.9 Å². The highest BCUT2D eigenvalue weighted by Crippen LogP contribution is 2.21. The van der Waals surface area contributed by atoms with Crippen LogP contribution in [0.25, 0.3) is 0 Å². The number of hydrogen-bond acceptors (Lipinski definition) is 4. The second-order valence-corrected chi connectivity index (χ2v) is 6.20. The highest BCUT2D eigenvalue weighted by molar-refractivity contribution is 5.91. The zero-order valence-corrected chi connectivity index (χ0v) is 15.5. The molecule has 0 aromatic heterocycles. The molecule has 4 heteroatoms. The highest BCUT2D eigenvalue weighted by Gasteiger charge is 2.11. The van der Waals surface area contributed by atoms with Crippen molar-refractivity contribution in [2.45, 2.75) is 13.8 Å². The summed E-state index contributed by atoms with van der Waals surface area (Å²) in [6.07, 6.45) is 0. The minimum Gasteiger partial charge on any atom is -0.490 e. The van der Waals surface area contributed by atoms with Crippen LogP contribution >= 0.6 is 0 Å². The quantitative estimate of drug-likeness (QED) is 0.338. The first-order valence-electron chi connectivity index (χ1n) is 8.82. The van der Waals surface area contributed by atoms with E-state index < -0.39 is 5.97 Å². The summed E-state index contributed by atoms with van der Waals surface area (Å²) in [7, 11) is 0. The van der Waals surface area contributed by atoms with Gasteiger partial charge in [-0.3, -0.25) is 0 Å². The average molecular weight is 362 g/mol. The van der Waals surface area contributed by atoms with Crippen molar-refractivity contribution < 1.29 is 19.0 Å². The van der Waals surface area contributed by atoms with E-state index in [2.05, 4.69) is 0 Å². The van der Waals surface area contributed by atoms with E-state index in [1.165, 1.54) is 0 Å². The van der Waals surface area contributed by atoms with Crippen molar-refractivity contribution in [3.63, 3.8) is 0 Å². The van der Waals surface area contributed by atoms with E-state index in [9.17, 15) is 4.79 Å². The zero-order valence-electron chi connectivity index (χ0n) is 15.5. The molecule has 0 atom stereocenters. The molecular weight excluding hydrogens is 340 g/mol. The first-order valence-corrected chi connectivity index (χ1v) is 8.82. The molecule has 0 fully saturated rings. The molecule has 3 aromatic rings. The molecule has 0 aliphatic carbocycles. The maximum atomic E-state index is 12.4. The SMILES string of the molecule is Cc1ccc(OC(=O)c2cccc(OCCOc3ccccc3)c2)c(C)c1. The Balaban J connectivity index is 1.55. The van der Waals surface area contributed by atoms with Gasteiger partial charge in [0.15, 0.2) is 0 Å². The summed E-state index contributed by atoms with van der Waals surface area (Å²) < 4.78 is 16.8. The van der Waals surface area contributed by atoms with Gasteiger partial charge in [0.25, 0.3) is 0 Å². The summed E-state index contributed by atoms with van der Waals surface area (Å²) >= 11 is 0. The lowest BCUT2D eigenvalue weighted by atomic mass is 10.1. The monoisotopic (exact) mass is 362 g/mol. The van der Waals surface area contributed by atoms with Crippen LogP contribution in [0.1, 0.15) is 21.5 Å². The molecule has 0 bridgehead atoms. The molecule has 0 aliphatic heterocycles. The van der Waals surface area contributed by atoms with Crippen LogP contribution in [0.4, 0.5) is 0 Å². The number of benzene rings is 3. The van der Waals surface area contributed by atoms with Crippen molar-refractivity contribution in [2.75, 3.05) is 13.2 Å². The minimum atomic E-state index is -0.409. The fourth-order valence-electron chi connectivity index (χ4n) is 2.62. The van der Waals surface area contributed by atoms with E-state index in [1.807, 2.05) is 62.4 Å². The summed E-state index contributed by atoms with van der Waals surface area (Å²) in [4.78, 5) is 12.4. The molecular formula is C23H22O4. The van der Waals surface area contributed by atoms with Crippen molar-refractivity contribution >= 4 is 5.97 Å². The number of rotatable bonds is 7. The zero-order chi connectivity index (χ0) is 19.1. The third-order valence-corrected chi connectivity index (χ3v) is 3.97. The molecule has 0 N–H and O–H groups in total. The maximum Gasteiger partial charge on any atom is 0.343 e. The summed E-state index contributed by atoms with van der Waals surface area (Å²) in [6.45, 7) is 4.72. The molecule has 138 valence electrons. The van der Waals surface area contributed by atoms with E-state index in [0.29, 0.717) is 30.3 Å². The third kappa shape index (κ3) is 5.35. The number of hydrogen-bond donors (Lipinski definition) is 0. The Hall–Kier alpha value is -3.27. The first kappa shape index (κ1) is 18.5. The molecule has 0 radical (unpaired) electrons. The molecule has 0 heterocycles. The molecule has 27 heavy (non-hydrogen) atoms. The third-order valence-electron chi connectivity index (χ3n) is 3.97. The fourth-order valence-corrected chi connectivity index (χ4v) is 2.62. The van der Waals surface area contributed by atoms with Gasteiger partial charge in [0.1, 0.15) is 30.5 Å². The topological polar surface area (TPSA) is 44.8 Å². The number of carbonyl (C=O) groups is 1. The Kier molecular flexibility index (Phi) is 6.10. The first-order chi connectivity index (χ1) is 13.1. The normalized spacial score (nSPS) is 10.3. The molecule has 0 spiro atoms. The van der Waals surface area contributed by atoms with Crippen LogP contribution in [0, 0.1) is 13.8 Å². The number of carbonyl (C=O) groups excluding carboxylic acids is 1. The van der Waals surface area contributed by atoms with Crippen LogP contribution in [0.15, 0.2) is 72.8 Å². The predicted octanol–water partition coefficient (Wildman–Crippen LogP) is 4.98. The highest BCUT2D eigenvalue weighted by atomic mass is 16.5. The molecule has 0 saturated carbocycles. The van der Waals surface area contributed by atoms with E-state index >= 15 is 0 Å². The van der Waals surface area contributed by atoms with Crippen LogP contribution in [-0.2, 0) is 0 Å². The van der Waals surface area contributed by atoms with Crippen molar-refractivity contribution in [1.29, 1.82) is 0 Å². The Morgan fingerprint density at radius 1 is 0.778 bits per heavy atom. The van der Waals surface area contributed by atoms with E-state index in [4.69, 9.17) is 14.2 Å². The number of para-hydroxylation sites is 1. The van der Waals surface area contributed by atoms with Crippen LogP contribution in [0.3, 0.4) is 0 Å². The summed E-state index contributed by atoms with van der Waals surface area (Å²) in [5, 5.41) is 0. The largest absolute Gasteiger partial charge is 0.490 e. The van der Waals surface area contributed by atoms with Gasteiger partial charge in [0, 0.05) is 0 Å². The van der Waals surface area contributed by atoms with Crippen molar-refractivity contribution in [3.8, 4) is 17.2 Å². The van der Waals surface area contributed by atoms with Gasteiger partial charge in [-0.15, -0.1) is 0 Å². The molecule has 0 saturated heterocycles. The lowest BCUT2D eigenvalue weighted by Gasteiger charge is -2.10. The predicted molar refractivity (Wildman–Crippen MR) is 105 cm³/mol. The van der Waals surface area contributed by atoms with Gasteiger partial charge in [-0.1, -0.05) is 42.0 Å². The van der Waals surface area contributed by atoms with Gasteiger partial charge in [-0.05, 0) is 55.8 Å². The van der Waals surface area contributed by atoms with Gasteiger partial charge in [0.2, 0.25) is 0 Å². The number of aryl methyl sites for hydroxylation is 2. The second-order valence-electron chi connectivity index (χ2n) is 6.20. The smallest absolute Gasteiger partial charge is 0.343 e. The maximum absolute atomic E-state index is 12.4. The Morgan fingerprint density at radius 3 is 2.22 bits per heavy atom. The molecule has 3 rings (SSSR count). The van der Waals surface area contributed by atoms with Gasteiger partial charge < -0.3 is 14.2 Å². The Bertz CT molecular complexity index is 903. The average Bonchev–Trinajstić information content (AvgIpc) is 2.68. The lowest BCUT2D eigenvalue weighted by molar-refractivity contribution is 0.0733. The molecule has 4 nitrogen and oxygen atoms in total. The van der Waals surface area contributed by atoms with Crippen LogP contribution in [-0.4, -0.2) is 19.2 Å². The number of esters is 1. The second kappa shape index (κ2) is 8.90. The lowest BCUT2D eigenvalue weighted by Crippen LogP contribution is -2.11. The van der Waals surface area contributed by atoms with Gasteiger partial charge in [-0.25, -0.2) is 4.79 Å². The number of ether oxygens (including phenoxy) is 3. The van der Waals surface area contributed by atoms with Crippen molar-refractivity contribution in [1.82, 2.24) is 0 Å². The van der Waals surface area contributed by atoms with Gasteiger partial charge in [0.05, 0.1) is 5.56 Å². The standard InChI is InChI=1S/C23H22O4/c1-17-11-12-22(18(2)15-17)27-23(24)19-7-6-10-21(16-19)26-14-13-25-20-8-4-3-5-9-20/h3-12,15-16H,13-14H2,1-2H3. The molecule has 0 unspecified atom stereocenters. The summed E-state index contributed by atoms with van der Waals surface area (Å²) in [6, 6.07) is 22.2. The van der Waals surface area contributed by atoms with Crippen LogP contribution < -0.4 is 14.2 Å². The summed E-state index contributed by atoms with van der Waals surface area (Å²) in [5.74, 6) is 1.55. The van der Waals surface area contributed by atoms with Crippen LogP contribution in [0.2, 0.25) is 0 Å². The van der Waals surface area contributed by atoms with Crippen molar-refractivity contribution in [3.05, 3.63) is 89.5 Å². The van der Waals surface area contributed by atoms with Crippen molar-refractivity contribution in [2.24, 2.45) is 0 Å². The Morgan fingerprint density at radius 2 is 1.48 bits per heavy atom. The summed E-state index contributed by atoms with van der Waals surface area (Å²) in [5.41, 5.74) is 2.49. The minimum absolute atomic E-state index is 0.379.